The molecule has 0 bridgehead atoms. The number of rotatable bonds is 6. The molecule has 1 amide bonds. The van der Waals surface area contributed by atoms with E-state index in [0.29, 0.717) is 10.6 Å². The molecule has 1 heterocycles. The Kier molecular flexibility index (Phi) is 6.69. The van der Waals surface area contributed by atoms with Crippen molar-refractivity contribution in [2.75, 3.05) is 30.4 Å². The van der Waals surface area contributed by atoms with Crippen molar-refractivity contribution < 1.29 is 13.9 Å². The van der Waals surface area contributed by atoms with Crippen LogP contribution in [0.1, 0.15) is 24.8 Å². The highest BCUT2D eigenvalue weighted by Crippen LogP contribution is 2.24. The van der Waals surface area contributed by atoms with E-state index in [1.807, 2.05) is 24.3 Å². The Labute approximate surface area is 164 Å². The number of hydrogen-bond donors (Lipinski definition) is 1. The topological polar surface area (TPSA) is 41.6 Å². The molecular formula is C21H24ClFN2O2. The minimum absolute atomic E-state index is 0.167. The summed E-state index contributed by atoms with van der Waals surface area (Å²) in [6.45, 7) is 1.89. The molecule has 0 aromatic heterocycles. The van der Waals surface area contributed by atoms with Crippen molar-refractivity contribution in [2.45, 2.75) is 31.8 Å². The molecule has 2 aromatic carbocycles. The first-order valence-corrected chi connectivity index (χ1v) is 9.55. The summed E-state index contributed by atoms with van der Waals surface area (Å²) in [5, 5.41) is 3.20. The van der Waals surface area contributed by atoms with E-state index in [1.165, 1.54) is 6.07 Å². The summed E-state index contributed by atoms with van der Waals surface area (Å²) >= 11 is 6.00. The molecule has 0 aliphatic carbocycles. The second-order valence-corrected chi connectivity index (χ2v) is 7.15. The zero-order chi connectivity index (χ0) is 19.2. The molecule has 27 heavy (non-hydrogen) atoms. The third kappa shape index (κ3) is 5.21. The Morgan fingerprint density at radius 1 is 1.30 bits per heavy atom. The number of piperidine rings is 1. The van der Waals surface area contributed by atoms with Gasteiger partial charge in [0.05, 0.1) is 6.10 Å². The van der Waals surface area contributed by atoms with Gasteiger partial charge in [0, 0.05) is 48.6 Å². The molecule has 0 spiro atoms. The van der Waals surface area contributed by atoms with Gasteiger partial charge in [-0.05, 0) is 55.7 Å². The Morgan fingerprint density at radius 2 is 2.07 bits per heavy atom. The third-order valence-electron chi connectivity index (χ3n) is 4.89. The van der Waals surface area contributed by atoms with Gasteiger partial charge in [-0.2, -0.15) is 0 Å². The van der Waals surface area contributed by atoms with Crippen LogP contribution in [0.5, 0.6) is 0 Å². The van der Waals surface area contributed by atoms with Crippen molar-refractivity contribution in [1.82, 2.24) is 0 Å². The van der Waals surface area contributed by atoms with E-state index in [9.17, 15) is 9.18 Å². The molecule has 1 N–H and O–H groups in total. The number of anilines is 2. The van der Waals surface area contributed by atoms with Crippen molar-refractivity contribution in [3.05, 3.63) is 58.9 Å². The van der Waals surface area contributed by atoms with Gasteiger partial charge in [0.1, 0.15) is 5.82 Å². The molecule has 1 aliphatic heterocycles. The summed E-state index contributed by atoms with van der Waals surface area (Å²) in [5.74, 6) is -0.546. The van der Waals surface area contributed by atoms with Crippen LogP contribution < -0.4 is 10.2 Å². The number of nitrogens with one attached hydrogen (secondary N) is 1. The van der Waals surface area contributed by atoms with Gasteiger partial charge < -0.3 is 15.0 Å². The van der Waals surface area contributed by atoms with Crippen molar-refractivity contribution >= 4 is 28.9 Å². The lowest BCUT2D eigenvalue weighted by Crippen LogP contribution is -2.39. The van der Waals surface area contributed by atoms with Crippen molar-refractivity contribution in [3.63, 3.8) is 0 Å². The van der Waals surface area contributed by atoms with Gasteiger partial charge in [-0.3, -0.25) is 4.79 Å². The summed E-state index contributed by atoms with van der Waals surface area (Å²) in [5.41, 5.74) is 2.22. The molecule has 1 unspecified atom stereocenters. The number of carbonyl (C=O) groups excluding carboxylic acids is 1. The van der Waals surface area contributed by atoms with Gasteiger partial charge in [0.25, 0.3) is 0 Å². The van der Waals surface area contributed by atoms with Crippen LogP contribution in [0, 0.1) is 5.82 Å². The molecule has 3 rings (SSSR count). The van der Waals surface area contributed by atoms with Gasteiger partial charge in [0.2, 0.25) is 5.91 Å². The molecule has 4 nitrogen and oxygen atoms in total. The van der Waals surface area contributed by atoms with Gasteiger partial charge in [-0.15, -0.1) is 0 Å². The zero-order valence-electron chi connectivity index (χ0n) is 15.4. The number of nitrogens with zero attached hydrogens (tertiary/aromatic N) is 1. The summed E-state index contributed by atoms with van der Waals surface area (Å²) in [7, 11) is 1.75. The van der Waals surface area contributed by atoms with Crippen molar-refractivity contribution in [2.24, 2.45) is 0 Å². The Hall–Kier alpha value is -2.11. The first-order valence-electron chi connectivity index (χ1n) is 9.17. The molecule has 1 fully saturated rings. The molecular weight excluding hydrogens is 367 g/mol. The molecule has 1 atom stereocenters. The lowest BCUT2D eigenvalue weighted by molar-refractivity contribution is -0.116. The summed E-state index contributed by atoms with van der Waals surface area (Å²) in [4.78, 5) is 14.5. The zero-order valence-corrected chi connectivity index (χ0v) is 16.1. The summed E-state index contributed by atoms with van der Waals surface area (Å²) in [6.07, 6.45) is 2.90. The highest BCUT2D eigenvalue weighted by molar-refractivity contribution is 6.31. The fourth-order valence-electron chi connectivity index (χ4n) is 3.35. The smallest absolute Gasteiger partial charge is 0.224 e. The van der Waals surface area contributed by atoms with E-state index >= 15 is 0 Å². The normalized spacial score (nSPS) is 17.0. The minimum atomic E-state index is -0.379. The fourth-order valence-corrected chi connectivity index (χ4v) is 3.61. The number of carbonyl (C=O) groups is 1. The average molecular weight is 391 g/mol. The van der Waals surface area contributed by atoms with E-state index in [0.717, 1.165) is 37.3 Å². The van der Waals surface area contributed by atoms with Crippen LogP contribution in [-0.2, 0) is 16.0 Å². The molecule has 144 valence electrons. The van der Waals surface area contributed by atoms with E-state index in [1.54, 1.807) is 19.2 Å². The number of benzene rings is 2. The Bertz CT molecular complexity index is 762. The van der Waals surface area contributed by atoms with E-state index < -0.39 is 0 Å². The number of methoxy groups -OCH3 is 1. The van der Waals surface area contributed by atoms with Crippen LogP contribution in [0.15, 0.2) is 42.5 Å². The van der Waals surface area contributed by atoms with E-state index in [2.05, 4.69) is 10.2 Å². The average Bonchev–Trinajstić information content (AvgIpc) is 2.68. The van der Waals surface area contributed by atoms with Crippen molar-refractivity contribution in [3.8, 4) is 0 Å². The van der Waals surface area contributed by atoms with E-state index in [-0.39, 0.29) is 30.7 Å². The maximum Gasteiger partial charge on any atom is 0.224 e. The lowest BCUT2D eigenvalue weighted by atomic mass is 10.1. The second-order valence-electron chi connectivity index (χ2n) is 6.74. The minimum Gasteiger partial charge on any atom is -0.380 e. The summed E-state index contributed by atoms with van der Waals surface area (Å²) in [6, 6.07) is 12.3. The van der Waals surface area contributed by atoms with Crippen LogP contribution in [0.4, 0.5) is 15.8 Å². The van der Waals surface area contributed by atoms with Crippen molar-refractivity contribution in [1.29, 1.82) is 0 Å². The monoisotopic (exact) mass is 390 g/mol. The molecule has 1 saturated heterocycles. The highest BCUT2D eigenvalue weighted by atomic mass is 35.5. The molecule has 6 heteroatoms. The van der Waals surface area contributed by atoms with Crippen LogP contribution in [0.2, 0.25) is 5.02 Å². The molecule has 1 aliphatic rings. The van der Waals surface area contributed by atoms with Gasteiger partial charge in [-0.1, -0.05) is 17.7 Å². The first-order chi connectivity index (χ1) is 13.1. The quantitative estimate of drug-likeness (QED) is 0.779. The standard InChI is InChI=1S/C21H24ClFN2O2/c1-27-17-4-3-13-25(14-17)16-9-7-15(8-10-16)24-21(26)12-11-18-19(22)5-2-6-20(18)23/h2,5-10,17H,3-4,11-14H2,1H3,(H,24,26). The van der Waals surface area contributed by atoms with Crippen LogP contribution in [0.3, 0.4) is 0 Å². The van der Waals surface area contributed by atoms with Crippen LogP contribution in [0.25, 0.3) is 0 Å². The summed E-state index contributed by atoms with van der Waals surface area (Å²) < 4.78 is 19.2. The van der Waals surface area contributed by atoms with Crippen LogP contribution >= 0.6 is 11.6 Å². The molecule has 0 radical (unpaired) electrons. The van der Waals surface area contributed by atoms with Gasteiger partial charge in [-0.25, -0.2) is 4.39 Å². The third-order valence-corrected chi connectivity index (χ3v) is 5.25. The Balaban J connectivity index is 1.54. The predicted octanol–water partition coefficient (Wildman–Crippen LogP) is 4.67. The SMILES string of the molecule is COC1CCCN(c2ccc(NC(=O)CCc3c(F)cccc3Cl)cc2)C1. The second kappa shape index (κ2) is 9.20. The lowest BCUT2D eigenvalue weighted by Gasteiger charge is -2.33. The number of halogens is 2. The number of hydrogen-bond acceptors (Lipinski definition) is 3. The van der Waals surface area contributed by atoms with Gasteiger partial charge >= 0.3 is 0 Å². The Morgan fingerprint density at radius 3 is 2.78 bits per heavy atom. The predicted molar refractivity (Wildman–Crippen MR) is 107 cm³/mol. The highest BCUT2D eigenvalue weighted by Gasteiger charge is 2.19. The first kappa shape index (κ1) is 19.6. The van der Waals surface area contributed by atoms with Gasteiger partial charge in [0.15, 0.2) is 0 Å². The van der Waals surface area contributed by atoms with Crippen LogP contribution in [-0.4, -0.2) is 32.2 Å². The number of ether oxygens (including phenoxy) is 1. The fraction of sp³-hybridized carbons (Fsp3) is 0.381. The number of amides is 1. The molecule has 2 aromatic rings. The maximum atomic E-state index is 13.8. The molecule has 0 saturated carbocycles. The largest absolute Gasteiger partial charge is 0.380 e. The maximum absolute atomic E-state index is 13.8. The van der Waals surface area contributed by atoms with E-state index in [4.69, 9.17) is 16.3 Å².